The van der Waals surface area contributed by atoms with E-state index in [1.165, 1.54) is 0 Å². The Kier molecular flexibility index (Phi) is 3.38. The van der Waals surface area contributed by atoms with Gasteiger partial charge in [-0.25, -0.2) is 0 Å². The second-order valence-corrected chi connectivity index (χ2v) is 6.41. The van der Waals surface area contributed by atoms with E-state index in [0.717, 1.165) is 11.0 Å². The highest BCUT2D eigenvalue weighted by Gasteiger charge is 2.52. The van der Waals surface area contributed by atoms with E-state index in [4.69, 9.17) is 9.31 Å². The van der Waals surface area contributed by atoms with Gasteiger partial charge in [-0.1, -0.05) is 0 Å². The number of pyridine rings is 1. The van der Waals surface area contributed by atoms with Crippen molar-refractivity contribution >= 4 is 12.6 Å². The van der Waals surface area contributed by atoms with Gasteiger partial charge in [0.15, 0.2) is 0 Å². The Morgan fingerprint density at radius 1 is 1.10 bits per heavy atom. The molecule has 0 radical (unpaired) electrons. The first kappa shape index (κ1) is 14.3. The van der Waals surface area contributed by atoms with Crippen molar-refractivity contribution in [3.63, 3.8) is 0 Å². The van der Waals surface area contributed by atoms with Crippen LogP contribution in [0.2, 0.25) is 0 Å². The normalized spacial score (nSPS) is 19.9. The molecule has 0 spiro atoms. The molecule has 0 atom stereocenters. The lowest BCUT2D eigenvalue weighted by Gasteiger charge is -2.32. The Hall–Kier alpha value is -1.66. The molecule has 0 bridgehead atoms. The number of hydrogen-bond acceptors (Lipinski definition) is 4. The van der Waals surface area contributed by atoms with Gasteiger partial charge in [0.2, 0.25) is 0 Å². The smallest absolute Gasteiger partial charge is 0.399 e. The fraction of sp³-hybridized carbons (Fsp3) is 0.467. The van der Waals surface area contributed by atoms with E-state index in [0.29, 0.717) is 6.54 Å². The zero-order valence-corrected chi connectivity index (χ0v) is 12.9. The molecule has 5 nitrogen and oxygen atoms in total. The zero-order valence-electron chi connectivity index (χ0n) is 12.9. The van der Waals surface area contributed by atoms with Crippen LogP contribution in [0.1, 0.15) is 33.3 Å². The van der Waals surface area contributed by atoms with Crippen LogP contribution in [0.15, 0.2) is 36.9 Å². The summed E-state index contributed by atoms with van der Waals surface area (Å²) in [6.45, 7) is 8.91. The van der Waals surface area contributed by atoms with E-state index in [1.54, 1.807) is 12.4 Å². The molecule has 21 heavy (non-hydrogen) atoms. The highest BCUT2D eigenvalue weighted by atomic mass is 16.7. The summed E-state index contributed by atoms with van der Waals surface area (Å²) in [7, 11) is -0.360. The van der Waals surface area contributed by atoms with Crippen molar-refractivity contribution < 1.29 is 9.31 Å². The fourth-order valence-corrected chi connectivity index (χ4v) is 2.24. The average molecular weight is 285 g/mol. The molecule has 0 saturated carbocycles. The summed E-state index contributed by atoms with van der Waals surface area (Å²) in [6, 6.07) is 3.96. The Bertz CT molecular complexity index is 609. The molecule has 1 aliphatic rings. The lowest BCUT2D eigenvalue weighted by Crippen LogP contribution is -2.41. The molecule has 0 unspecified atom stereocenters. The second-order valence-electron chi connectivity index (χ2n) is 6.41. The van der Waals surface area contributed by atoms with Crippen molar-refractivity contribution in [1.29, 1.82) is 0 Å². The lowest BCUT2D eigenvalue weighted by atomic mass is 9.82. The van der Waals surface area contributed by atoms with Crippen LogP contribution in [-0.2, 0) is 15.9 Å². The third-order valence-electron chi connectivity index (χ3n) is 4.27. The number of aromatic nitrogens is 3. The standard InChI is InChI=1S/C15H20BN3O2/c1-14(2)15(3,4)21-16(20-14)13-9-18-19(11-13)10-12-5-7-17-8-6-12/h5-9,11H,10H2,1-4H3. The fourth-order valence-electron chi connectivity index (χ4n) is 2.24. The molecule has 1 aliphatic heterocycles. The van der Waals surface area contributed by atoms with E-state index in [-0.39, 0.29) is 18.3 Å². The van der Waals surface area contributed by atoms with Crippen molar-refractivity contribution in [2.24, 2.45) is 0 Å². The highest BCUT2D eigenvalue weighted by Crippen LogP contribution is 2.36. The van der Waals surface area contributed by atoms with Gasteiger partial charge < -0.3 is 9.31 Å². The molecule has 3 rings (SSSR count). The summed E-state index contributed by atoms with van der Waals surface area (Å²) < 4.78 is 13.9. The molecule has 1 saturated heterocycles. The van der Waals surface area contributed by atoms with Crippen LogP contribution in [0, 0.1) is 0 Å². The third kappa shape index (κ3) is 2.73. The molecular weight excluding hydrogens is 265 g/mol. The Balaban J connectivity index is 1.74. The van der Waals surface area contributed by atoms with Gasteiger partial charge in [-0.2, -0.15) is 5.10 Å². The number of hydrogen-bond donors (Lipinski definition) is 0. The van der Waals surface area contributed by atoms with Gasteiger partial charge in [0.25, 0.3) is 0 Å². The predicted molar refractivity (Wildman–Crippen MR) is 81.3 cm³/mol. The van der Waals surface area contributed by atoms with Gasteiger partial charge in [-0.3, -0.25) is 9.67 Å². The molecule has 0 aliphatic carbocycles. The van der Waals surface area contributed by atoms with Crippen LogP contribution >= 0.6 is 0 Å². The largest absolute Gasteiger partial charge is 0.498 e. The summed E-state index contributed by atoms with van der Waals surface area (Å²) >= 11 is 0. The van der Waals surface area contributed by atoms with Gasteiger partial charge in [0.1, 0.15) is 0 Å². The van der Waals surface area contributed by atoms with Crippen LogP contribution < -0.4 is 5.46 Å². The highest BCUT2D eigenvalue weighted by molar-refractivity contribution is 6.61. The van der Waals surface area contributed by atoms with E-state index >= 15 is 0 Å². The topological polar surface area (TPSA) is 49.2 Å². The van der Waals surface area contributed by atoms with Crippen LogP contribution in [0.3, 0.4) is 0 Å². The molecule has 2 aromatic rings. The van der Waals surface area contributed by atoms with Gasteiger partial charge in [-0.15, -0.1) is 0 Å². The Labute approximate surface area is 125 Å². The molecule has 6 heteroatoms. The summed E-state index contributed by atoms with van der Waals surface area (Å²) in [6.07, 6.45) is 7.36. The Morgan fingerprint density at radius 3 is 2.33 bits per heavy atom. The lowest BCUT2D eigenvalue weighted by molar-refractivity contribution is 0.00578. The number of nitrogens with zero attached hydrogens (tertiary/aromatic N) is 3. The molecule has 3 heterocycles. The minimum absolute atomic E-state index is 0.329. The van der Waals surface area contributed by atoms with Gasteiger partial charge in [0, 0.05) is 30.3 Å². The maximum absolute atomic E-state index is 6.03. The zero-order chi connectivity index (χ0) is 15.1. The van der Waals surface area contributed by atoms with Gasteiger partial charge in [-0.05, 0) is 45.4 Å². The molecular formula is C15H20BN3O2. The molecule has 0 amide bonds. The summed E-state index contributed by atoms with van der Waals surface area (Å²) in [4.78, 5) is 4.02. The summed E-state index contributed by atoms with van der Waals surface area (Å²) in [5.41, 5.74) is 1.45. The van der Waals surface area contributed by atoms with Crippen molar-refractivity contribution in [2.75, 3.05) is 0 Å². The van der Waals surface area contributed by atoms with E-state index in [9.17, 15) is 0 Å². The van der Waals surface area contributed by atoms with Crippen LogP contribution in [-0.4, -0.2) is 33.1 Å². The minimum atomic E-state index is -0.360. The van der Waals surface area contributed by atoms with Gasteiger partial charge in [0.05, 0.1) is 17.7 Å². The van der Waals surface area contributed by atoms with E-state index < -0.39 is 0 Å². The van der Waals surface area contributed by atoms with Gasteiger partial charge >= 0.3 is 7.12 Å². The maximum Gasteiger partial charge on any atom is 0.498 e. The van der Waals surface area contributed by atoms with E-state index in [1.807, 2.05) is 56.9 Å². The predicted octanol–water partition coefficient (Wildman–Crippen LogP) is 1.63. The molecule has 0 aromatic carbocycles. The van der Waals surface area contributed by atoms with E-state index in [2.05, 4.69) is 10.1 Å². The first-order valence-electron chi connectivity index (χ1n) is 7.14. The average Bonchev–Trinajstić information content (AvgIpc) is 2.94. The first-order chi connectivity index (χ1) is 9.87. The van der Waals surface area contributed by atoms with Crippen molar-refractivity contribution in [1.82, 2.24) is 14.8 Å². The first-order valence-corrected chi connectivity index (χ1v) is 7.14. The van der Waals surface area contributed by atoms with Crippen LogP contribution in [0.4, 0.5) is 0 Å². The summed E-state index contributed by atoms with van der Waals surface area (Å²) in [5.74, 6) is 0. The monoisotopic (exact) mass is 285 g/mol. The second kappa shape index (κ2) is 4.96. The summed E-state index contributed by atoms with van der Waals surface area (Å²) in [5, 5.41) is 4.39. The molecule has 1 fully saturated rings. The van der Waals surface area contributed by atoms with Crippen LogP contribution in [0.25, 0.3) is 0 Å². The molecule has 110 valence electrons. The van der Waals surface area contributed by atoms with Crippen molar-refractivity contribution in [3.05, 3.63) is 42.5 Å². The third-order valence-corrected chi connectivity index (χ3v) is 4.27. The van der Waals surface area contributed by atoms with Crippen molar-refractivity contribution in [2.45, 2.75) is 45.4 Å². The minimum Gasteiger partial charge on any atom is -0.399 e. The van der Waals surface area contributed by atoms with Crippen LogP contribution in [0.5, 0.6) is 0 Å². The molecule has 2 aromatic heterocycles. The molecule has 0 N–H and O–H groups in total. The number of rotatable bonds is 3. The Morgan fingerprint density at radius 2 is 1.71 bits per heavy atom. The quantitative estimate of drug-likeness (QED) is 0.804. The van der Waals surface area contributed by atoms with Crippen molar-refractivity contribution in [3.8, 4) is 0 Å². The SMILES string of the molecule is CC1(C)OB(c2cnn(Cc3ccncc3)c2)OC1(C)C. The maximum atomic E-state index is 6.03.